The van der Waals surface area contributed by atoms with Crippen molar-refractivity contribution in [1.82, 2.24) is 19.7 Å². The van der Waals surface area contributed by atoms with E-state index in [1.54, 1.807) is 18.5 Å². The van der Waals surface area contributed by atoms with Gasteiger partial charge in [-0.05, 0) is 42.4 Å². The summed E-state index contributed by atoms with van der Waals surface area (Å²) in [5.41, 5.74) is 3.36. The molecule has 3 heterocycles. The predicted octanol–water partition coefficient (Wildman–Crippen LogP) is 4.24. The van der Waals surface area contributed by atoms with Gasteiger partial charge in [-0.3, -0.25) is 4.98 Å². The van der Waals surface area contributed by atoms with E-state index in [-0.39, 0.29) is 6.61 Å². The fourth-order valence-corrected chi connectivity index (χ4v) is 3.80. The highest BCUT2D eigenvalue weighted by atomic mass is 28.3. The second-order valence-corrected chi connectivity index (χ2v) is 11.1. The van der Waals surface area contributed by atoms with Crippen LogP contribution in [0.1, 0.15) is 5.69 Å². The largest absolute Gasteiger partial charge is 0.439 e. The van der Waals surface area contributed by atoms with Crippen molar-refractivity contribution in [3.05, 3.63) is 66.6 Å². The zero-order chi connectivity index (χ0) is 21.6. The number of aliphatic hydroxyl groups excluding tert-OH is 1. The number of benzene rings is 1. The molecule has 0 saturated carbocycles. The van der Waals surface area contributed by atoms with E-state index in [0.717, 1.165) is 34.8 Å². The predicted molar refractivity (Wildman–Crippen MR) is 123 cm³/mol. The van der Waals surface area contributed by atoms with Crippen molar-refractivity contribution >= 4 is 19.7 Å². The number of ether oxygens (including phenoxy) is 2. The quantitative estimate of drug-likeness (QED) is 0.313. The van der Waals surface area contributed by atoms with Crippen molar-refractivity contribution in [1.29, 1.82) is 0 Å². The van der Waals surface area contributed by atoms with Gasteiger partial charge in [-0.15, -0.1) is 0 Å². The maximum absolute atomic E-state index is 9.22. The molecule has 0 aliphatic heterocycles. The first-order valence-electron chi connectivity index (χ1n) is 10.4. The van der Waals surface area contributed by atoms with Crippen molar-refractivity contribution in [2.45, 2.75) is 32.5 Å². The SMILES string of the molecule is C[SiH](C)CCOCn1nccc1-c1ccc(Oc2ccc3nc(CO)ccc3c2)nc1. The van der Waals surface area contributed by atoms with E-state index in [9.17, 15) is 5.11 Å². The van der Waals surface area contributed by atoms with Gasteiger partial charge in [0.15, 0.2) is 0 Å². The lowest BCUT2D eigenvalue weighted by atomic mass is 10.2. The monoisotopic (exact) mass is 434 g/mol. The van der Waals surface area contributed by atoms with E-state index in [0.29, 0.717) is 24.1 Å². The van der Waals surface area contributed by atoms with Gasteiger partial charge in [0, 0.05) is 44.8 Å². The molecule has 0 bridgehead atoms. The van der Waals surface area contributed by atoms with Gasteiger partial charge in [-0.1, -0.05) is 19.2 Å². The molecular weight excluding hydrogens is 408 g/mol. The summed E-state index contributed by atoms with van der Waals surface area (Å²) in [4.78, 5) is 8.84. The fraction of sp³-hybridized carbons (Fsp3) is 0.261. The average molecular weight is 435 g/mol. The van der Waals surface area contributed by atoms with Gasteiger partial charge in [0.1, 0.15) is 12.5 Å². The number of aliphatic hydroxyl groups is 1. The third kappa shape index (κ3) is 5.35. The molecule has 0 fully saturated rings. The van der Waals surface area contributed by atoms with Gasteiger partial charge in [-0.2, -0.15) is 5.10 Å². The highest BCUT2D eigenvalue weighted by Crippen LogP contribution is 2.26. The fourth-order valence-electron chi connectivity index (χ4n) is 3.16. The third-order valence-electron chi connectivity index (χ3n) is 4.90. The summed E-state index contributed by atoms with van der Waals surface area (Å²) in [6.07, 6.45) is 3.55. The molecule has 0 spiro atoms. The smallest absolute Gasteiger partial charge is 0.219 e. The van der Waals surface area contributed by atoms with Crippen LogP contribution in [0.3, 0.4) is 0 Å². The van der Waals surface area contributed by atoms with Crippen molar-refractivity contribution in [3.63, 3.8) is 0 Å². The summed E-state index contributed by atoms with van der Waals surface area (Å²) >= 11 is 0. The van der Waals surface area contributed by atoms with Crippen molar-refractivity contribution in [2.75, 3.05) is 6.61 Å². The van der Waals surface area contributed by atoms with Crippen LogP contribution in [0.25, 0.3) is 22.2 Å². The number of fused-ring (bicyclic) bond motifs is 1. The Kier molecular flexibility index (Phi) is 6.71. The average Bonchev–Trinajstić information content (AvgIpc) is 3.25. The Morgan fingerprint density at radius 3 is 2.74 bits per heavy atom. The first-order valence-corrected chi connectivity index (χ1v) is 13.5. The first-order chi connectivity index (χ1) is 15.1. The molecule has 8 heteroatoms. The molecular formula is C23H26N4O3Si. The molecule has 4 aromatic rings. The standard InChI is InChI=1S/C23H26N4O3Si/c1-31(2)12-11-29-16-27-22(9-10-25-27)18-4-8-23(24-14-18)30-20-6-7-21-17(13-20)3-5-19(15-28)26-21/h3-10,13-14,28,31H,11-12,15-16H2,1-2H3. The molecule has 160 valence electrons. The number of pyridine rings is 2. The molecule has 0 saturated heterocycles. The Bertz CT molecular complexity index is 1150. The molecule has 31 heavy (non-hydrogen) atoms. The highest BCUT2D eigenvalue weighted by molar-refractivity contribution is 6.55. The van der Waals surface area contributed by atoms with Gasteiger partial charge in [0.2, 0.25) is 5.88 Å². The number of nitrogens with zero attached hydrogens (tertiary/aromatic N) is 4. The van der Waals surface area contributed by atoms with Gasteiger partial charge in [0.25, 0.3) is 0 Å². The zero-order valence-electron chi connectivity index (χ0n) is 17.7. The summed E-state index contributed by atoms with van der Waals surface area (Å²) in [5.74, 6) is 1.19. The van der Waals surface area contributed by atoms with E-state index < -0.39 is 8.80 Å². The summed E-state index contributed by atoms with van der Waals surface area (Å²) in [7, 11) is -0.599. The second kappa shape index (κ2) is 9.82. The summed E-state index contributed by atoms with van der Waals surface area (Å²) in [6, 6.07) is 16.3. The van der Waals surface area contributed by atoms with Crippen molar-refractivity contribution in [3.8, 4) is 22.9 Å². The zero-order valence-corrected chi connectivity index (χ0v) is 18.9. The lowest BCUT2D eigenvalue weighted by molar-refractivity contribution is 0.0801. The van der Waals surface area contributed by atoms with Gasteiger partial charge >= 0.3 is 0 Å². The van der Waals surface area contributed by atoms with Crippen molar-refractivity contribution in [2.24, 2.45) is 0 Å². The normalized spacial score (nSPS) is 11.4. The summed E-state index contributed by atoms with van der Waals surface area (Å²) in [5, 5.41) is 14.5. The topological polar surface area (TPSA) is 82.3 Å². The number of aromatic nitrogens is 4. The molecule has 0 aliphatic rings. The Hall–Kier alpha value is -3.07. The minimum absolute atomic E-state index is 0.0744. The van der Waals surface area contributed by atoms with Gasteiger partial charge < -0.3 is 14.6 Å². The van der Waals surface area contributed by atoms with Gasteiger partial charge in [0.05, 0.1) is 23.5 Å². The lowest BCUT2D eigenvalue weighted by Gasteiger charge is -2.10. The Balaban J connectivity index is 1.43. The molecule has 7 nitrogen and oxygen atoms in total. The third-order valence-corrected chi connectivity index (χ3v) is 6.29. The highest BCUT2D eigenvalue weighted by Gasteiger charge is 2.08. The van der Waals surface area contributed by atoms with Crippen LogP contribution in [-0.4, -0.2) is 40.3 Å². The molecule has 1 N–H and O–H groups in total. The van der Waals surface area contributed by atoms with E-state index >= 15 is 0 Å². The van der Waals surface area contributed by atoms with Crippen LogP contribution in [0, 0.1) is 0 Å². The Morgan fingerprint density at radius 1 is 1.06 bits per heavy atom. The van der Waals surface area contributed by atoms with Crippen molar-refractivity contribution < 1.29 is 14.6 Å². The minimum atomic E-state index is -0.599. The molecule has 1 aromatic carbocycles. The number of hydrogen-bond acceptors (Lipinski definition) is 6. The van der Waals surface area contributed by atoms with E-state index in [4.69, 9.17) is 9.47 Å². The molecule has 0 atom stereocenters. The lowest BCUT2D eigenvalue weighted by Crippen LogP contribution is -2.10. The van der Waals surface area contributed by atoms with Crippen LogP contribution >= 0.6 is 0 Å². The Morgan fingerprint density at radius 2 is 1.97 bits per heavy atom. The van der Waals surface area contributed by atoms with Crippen LogP contribution in [-0.2, 0) is 18.1 Å². The molecule has 0 aliphatic carbocycles. The van der Waals surface area contributed by atoms with E-state index in [1.807, 2.05) is 47.1 Å². The van der Waals surface area contributed by atoms with Gasteiger partial charge in [-0.25, -0.2) is 9.67 Å². The van der Waals surface area contributed by atoms with E-state index in [2.05, 4.69) is 28.2 Å². The maximum Gasteiger partial charge on any atom is 0.219 e. The number of rotatable bonds is 9. The molecule has 0 unspecified atom stereocenters. The molecule has 0 amide bonds. The maximum atomic E-state index is 9.22. The van der Waals surface area contributed by atoms with Crippen LogP contribution < -0.4 is 4.74 Å². The Labute approximate surface area is 182 Å². The minimum Gasteiger partial charge on any atom is -0.439 e. The second-order valence-electron chi connectivity index (χ2n) is 7.74. The van der Waals surface area contributed by atoms with E-state index in [1.165, 1.54) is 0 Å². The molecule has 0 radical (unpaired) electrons. The van der Waals surface area contributed by atoms with Crippen LogP contribution in [0.15, 0.2) is 60.9 Å². The molecule has 4 rings (SSSR count). The first kappa shape index (κ1) is 21.2. The van der Waals surface area contributed by atoms with Crippen LogP contribution in [0.4, 0.5) is 0 Å². The van der Waals surface area contributed by atoms with Crippen LogP contribution in [0.2, 0.25) is 19.1 Å². The summed E-state index contributed by atoms with van der Waals surface area (Å²) < 4.78 is 13.5. The number of hydrogen-bond donors (Lipinski definition) is 1. The van der Waals surface area contributed by atoms with Crippen LogP contribution in [0.5, 0.6) is 11.6 Å². The molecule has 3 aromatic heterocycles. The summed E-state index contributed by atoms with van der Waals surface area (Å²) in [6.45, 7) is 5.77.